The van der Waals surface area contributed by atoms with Gasteiger partial charge in [-0.2, -0.15) is 0 Å². The van der Waals surface area contributed by atoms with Crippen molar-refractivity contribution < 1.29 is 9.59 Å². The van der Waals surface area contributed by atoms with Gasteiger partial charge in [0.05, 0.1) is 12.6 Å². The Balaban J connectivity index is 1.43. The Morgan fingerprint density at radius 3 is 2.52 bits per heavy atom. The van der Waals surface area contributed by atoms with E-state index in [0.29, 0.717) is 24.4 Å². The van der Waals surface area contributed by atoms with E-state index in [1.165, 1.54) is 18.4 Å². The zero-order valence-corrected chi connectivity index (χ0v) is 19.9. The van der Waals surface area contributed by atoms with Crippen molar-refractivity contribution in [2.24, 2.45) is 11.8 Å². The van der Waals surface area contributed by atoms with Crippen LogP contribution in [-0.4, -0.2) is 66.4 Å². The van der Waals surface area contributed by atoms with Crippen LogP contribution in [0.3, 0.4) is 0 Å². The van der Waals surface area contributed by atoms with E-state index >= 15 is 0 Å². The van der Waals surface area contributed by atoms with E-state index in [1.54, 1.807) is 0 Å². The second kappa shape index (κ2) is 10.6. The Labute approximate surface area is 187 Å². The van der Waals surface area contributed by atoms with Gasteiger partial charge in [0, 0.05) is 37.9 Å². The fourth-order valence-electron chi connectivity index (χ4n) is 4.84. The third kappa shape index (κ3) is 6.07. The molecule has 1 aromatic rings. The van der Waals surface area contributed by atoms with E-state index in [1.807, 2.05) is 26.0 Å². The van der Waals surface area contributed by atoms with Crippen LogP contribution < -0.4 is 10.6 Å². The number of hydrogen-bond acceptors (Lipinski definition) is 4. The first-order valence-corrected chi connectivity index (χ1v) is 11.9. The van der Waals surface area contributed by atoms with Crippen LogP contribution in [0.15, 0.2) is 18.2 Å². The Morgan fingerprint density at radius 1 is 1.10 bits per heavy atom. The minimum atomic E-state index is -0.129. The van der Waals surface area contributed by atoms with Crippen LogP contribution in [0.5, 0.6) is 0 Å². The van der Waals surface area contributed by atoms with Gasteiger partial charge >= 0.3 is 0 Å². The predicted molar refractivity (Wildman–Crippen MR) is 126 cm³/mol. The first-order chi connectivity index (χ1) is 14.8. The Kier molecular flexibility index (Phi) is 8.11. The topological polar surface area (TPSA) is 64.7 Å². The molecule has 4 atom stereocenters. The number of rotatable bonds is 6. The van der Waals surface area contributed by atoms with Crippen LogP contribution in [0.1, 0.15) is 51.2 Å². The van der Waals surface area contributed by atoms with E-state index in [0.717, 1.165) is 43.9 Å². The first-order valence-electron chi connectivity index (χ1n) is 11.9. The summed E-state index contributed by atoms with van der Waals surface area (Å²) < 4.78 is 0. The van der Waals surface area contributed by atoms with Gasteiger partial charge in [0.1, 0.15) is 0 Å². The maximum atomic E-state index is 12.9. The number of amides is 2. The van der Waals surface area contributed by atoms with Crippen molar-refractivity contribution in [3.05, 3.63) is 29.3 Å². The molecule has 0 spiro atoms. The van der Waals surface area contributed by atoms with E-state index in [9.17, 15) is 9.59 Å². The average molecular weight is 429 g/mol. The second-order valence-electron chi connectivity index (χ2n) is 9.67. The molecule has 6 heteroatoms. The van der Waals surface area contributed by atoms with Gasteiger partial charge in [-0.15, -0.1) is 0 Å². The molecule has 6 nitrogen and oxygen atoms in total. The highest BCUT2D eigenvalue weighted by molar-refractivity contribution is 5.93. The molecular weight excluding hydrogens is 388 g/mol. The molecule has 2 N–H and O–H groups in total. The summed E-state index contributed by atoms with van der Waals surface area (Å²) in [5.41, 5.74) is 3.18. The number of nitrogens with zero attached hydrogens (tertiary/aromatic N) is 2. The maximum absolute atomic E-state index is 12.9. The Bertz CT molecular complexity index is 773. The zero-order chi connectivity index (χ0) is 22.5. The largest absolute Gasteiger partial charge is 0.352 e. The summed E-state index contributed by atoms with van der Waals surface area (Å²) in [7, 11) is 0. The molecule has 3 rings (SSSR count). The lowest BCUT2D eigenvalue weighted by Crippen LogP contribution is -2.56. The van der Waals surface area contributed by atoms with Gasteiger partial charge in [-0.1, -0.05) is 38.8 Å². The third-order valence-corrected chi connectivity index (χ3v) is 7.61. The van der Waals surface area contributed by atoms with Crippen molar-refractivity contribution >= 4 is 17.5 Å². The Morgan fingerprint density at radius 2 is 1.81 bits per heavy atom. The highest BCUT2D eigenvalue weighted by Crippen LogP contribution is 2.29. The maximum Gasteiger partial charge on any atom is 0.238 e. The van der Waals surface area contributed by atoms with Gasteiger partial charge in [-0.3, -0.25) is 19.4 Å². The summed E-state index contributed by atoms with van der Waals surface area (Å²) in [6.07, 6.45) is 3.56. The van der Waals surface area contributed by atoms with Gasteiger partial charge in [0.25, 0.3) is 0 Å². The summed E-state index contributed by atoms with van der Waals surface area (Å²) in [5.74, 6) is 1.38. The molecule has 1 aliphatic carbocycles. The fourth-order valence-corrected chi connectivity index (χ4v) is 4.84. The van der Waals surface area contributed by atoms with E-state index in [-0.39, 0.29) is 17.9 Å². The van der Waals surface area contributed by atoms with E-state index in [4.69, 9.17) is 0 Å². The number of nitrogens with one attached hydrogen (secondary N) is 2. The molecule has 31 heavy (non-hydrogen) atoms. The molecule has 0 bridgehead atoms. The van der Waals surface area contributed by atoms with Crippen molar-refractivity contribution in [2.75, 3.05) is 38.0 Å². The van der Waals surface area contributed by atoms with Gasteiger partial charge in [0.2, 0.25) is 11.8 Å². The monoisotopic (exact) mass is 428 g/mol. The highest BCUT2D eigenvalue weighted by Gasteiger charge is 2.31. The van der Waals surface area contributed by atoms with Crippen LogP contribution >= 0.6 is 0 Å². The molecule has 0 aromatic heterocycles. The van der Waals surface area contributed by atoms with Crippen molar-refractivity contribution in [3.63, 3.8) is 0 Å². The normalized spacial score (nSPS) is 26.3. The lowest BCUT2D eigenvalue weighted by molar-refractivity contribution is -0.128. The molecule has 0 radical (unpaired) electrons. The van der Waals surface area contributed by atoms with Crippen molar-refractivity contribution in [1.29, 1.82) is 0 Å². The van der Waals surface area contributed by atoms with Gasteiger partial charge in [-0.25, -0.2) is 0 Å². The van der Waals surface area contributed by atoms with Crippen molar-refractivity contribution in [1.82, 2.24) is 15.1 Å². The molecule has 2 amide bonds. The number of piperazine rings is 1. The average Bonchev–Trinajstić information content (AvgIpc) is 2.74. The number of benzene rings is 1. The predicted octanol–water partition coefficient (Wildman–Crippen LogP) is 3.19. The van der Waals surface area contributed by atoms with Crippen molar-refractivity contribution in [3.8, 4) is 0 Å². The van der Waals surface area contributed by atoms with Crippen LogP contribution in [0.25, 0.3) is 0 Å². The summed E-state index contributed by atoms with van der Waals surface area (Å²) in [6, 6.07) is 6.14. The van der Waals surface area contributed by atoms with E-state index < -0.39 is 0 Å². The quantitative estimate of drug-likeness (QED) is 0.730. The standard InChI is InChI=1S/C25H40N4O2/c1-17-8-6-10-22(19(17)3)26-24(30)16-28-12-14-29(15-13-28)21(5)25(31)27-23-11-7-9-18(2)20(23)4/h6,8,10,18,20-21,23H,7,9,11-16H2,1-5H3,(H,26,30)(H,27,31)/t18-,20-,21+,23+/m0/s1. The summed E-state index contributed by atoms with van der Waals surface area (Å²) >= 11 is 0. The summed E-state index contributed by atoms with van der Waals surface area (Å²) in [4.78, 5) is 29.8. The van der Waals surface area contributed by atoms with E-state index in [2.05, 4.69) is 47.3 Å². The van der Waals surface area contributed by atoms with Crippen LogP contribution in [-0.2, 0) is 9.59 Å². The molecule has 1 saturated heterocycles. The smallest absolute Gasteiger partial charge is 0.238 e. The lowest BCUT2D eigenvalue weighted by Gasteiger charge is -2.39. The van der Waals surface area contributed by atoms with Crippen LogP contribution in [0.2, 0.25) is 0 Å². The second-order valence-corrected chi connectivity index (χ2v) is 9.67. The number of carbonyl (C=O) groups excluding carboxylic acids is 2. The third-order valence-electron chi connectivity index (χ3n) is 7.61. The first kappa shape index (κ1) is 23.7. The zero-order valence-electron chi connectivity index (χ0n) is 19.9. The minimum absolute atomic E-state index is 0.0216. The number of hydrogen-bond donors (Lipinski definition) is 2. The molecule has 1 aromatic carbocycles. The Hall–Kier alpha value is -1.92. The lowest BCUT2D eigenvalue weighted by atomic mass is 9.78. The van der Waals surface area contributed by atoms with Gasteiger partial charge in [0.15, 0.2) is 0 Å². The van der Waals surface area contributed by atoms with Crippen LogP contribution in [0.4, 0.5) is 5.69 Å². The molecule has 2 fully saturated rings. The van der Waals surface area contributed by atoms with Gasteiger partial charge < -0.3 is 10.6 Å². The number of aryl methyl sites for hydroxylation is 1. The van der Waals surface area contributed by atoms with Crippen molar-refractivity contribution in [2.45, 2.75) is 66.0 Å². The molecule has 1 saturated carbocycles. The van der Waals surface area contributed by atoms with Crippen LogP contribution in [0, 0.1) is 25.7 Å². The minimum Gasteiger partial charge on any atom is -0.352 e. The SMILES string of the molecule is Cc1cccc(NC(=O)CN2CCN([C@H](C)C(=O)N[C@@H]3CCC[C@H](C)[C@@H]3C)CC2)c1C. The molecule has 172 valence electrons. The fraction of sp³-hybridized carbons (Fsp3) is 0.680. The molecule has 2 aliphatic rings. The number of anilines is 1. The molecule has 0 unspecified atom stereocenters. The summed E-state index contributed by atoms with van der Waals surface area (Å²) in [5, 5.41) is 6.36. The molecule has 1 aliphatic heterocycles. The summed E-state index contributed by atoms with van der Waals surface area (Å²) in [6.45, 7) is 14.3. The molecular formula is C25H40N4O2. The number of carbonyl (C=O) groups is 2. The highest BCUT2D eigenvalue weighted by atomic mass is 16.2. The molecule has 1 heterocycles. The van der Waals surface area contributed by atoms with Gasteiger partial charge in [-0.05, 0) is 56.2 Å².